The molecule has 1 heterocycles. The van der Waals surface area contributed by atoms with Gasteiger partial charge in [0.1, 0.15) is 0 Å². The maximum absolute atomic E-state index is 12.1. The number of guanidine groups is 1. The van der Waals surface area contributed by atoms with Crippen molar-refractivity contribution in [3.8, 4) is 11.3 Å². The summed E-state index contributed by atoms with van der Waals surface area (Å²) in [6.45, 7) is 6.75. The Bertz CT molecular complexity index is 781. The van der Waals surface area contributed by atoms with Gasteiger partial charge in [0.25, 0.3) is 0 Å². The van der Waals surface area contributed by atoms with Crippen LogP contribution in [0.1, 0.15) is 26.3 Å². The fourth-order valence-corrected chi connectivity index (χ4v) is 2.69. The maximum Gasteiger partial charge on any atom is 0.240 e. The van der Waals surface area contributed by atoms with Gasteiger partial charge < -0.3 is 15.5 Å². The molecule has 0 aliphatic heterocycles. The topological polar surface area (TPSA) is 69.6 Å². The van der Waals surface area contributed by atoms with Gasteiger partial charge in [0, 0.05) is 37.9 Å². The van der Waals surface area contributed by atoms with Crippen molar-refractivity contribution < 1.29 is 4.79 Å². The van der Waals surface area contributed by atoms with Crippen molar-refractivity contribution in [3.63, 3.8) is 0 Å². The summed E-state index contributed by atoms with van der Waals surface area (Å²) >= 11 is 0. The molecule has 27 heavy (non-hydrogen) atoms. The van der Waals surface area contributed by atoms with Gasteiger partial charge in [-0.3, -0.25) is 14.8 Å². The second-order valence-corrected chi connectivity index (χ2v) is 7.47. The van der Waals surface area contributed by atoms with Crippen LogP contribution >= 0.6 is 0 Å². The Hall–Kier alpha value is -2.89. The molecular formula is C21H29N5O. The number of nitrogens with one attached hydrogen (secondary N) is 2. The molecule has 1 aromatic heterocycles. The van der Waals surface area contributed by atoms with Gasteiger partial charge in [-0.05, 0) is 44.5 Å². The minimum Gasteiger partial charge on any atom is -0.352 e. The van der Waals surface area contributed by atoms with Crippen LogP contribution < -0.4 is 10.6 Å². The average molecular weight is 367 g/mol. The summed E-state index contributed by atoms with van der Waals surface area (Å²) in [6.07, 6.45) is 1.79. The van der Waals surface area contributed by atoms with E-state index in [2.05, 4.69) is 32.7 Å². The van der Waals surface area contributed by atoms with Crippen molar-refractivity contribution in [2.24, 2.45) is 4.99 Å². The SMILES string of the molecule is CN=C(NCc1cccc(-c2ccccn2)c1)N(C)CC(=O)NC(C)(C)C. The molecule has 0 atom stereocenters. The fourth-order valence-electron chi connectivity index (χ4n) is 2.69. The number of hydrogen-bond acceptors (Lipinski definition) is 3. The summed E-state index contributed by atoms with van der Waals surface area (Å²) in [7, 11) is 3.56. The molecule has 0 fully saturated rings. The lowest BCUT2D eigenvalue weighted by molar-refractivity contribution is -0.122. The van der Waals surface area contributed by atoms with Crippen LogP contribution in [0.25, 0.3) is 11.3 Å². The van der Waals surface area contributed by atoms with E-state index in [1.54, 1.807) is 13.2 Å². The van der Waals surface area contributed by atoms with Crippen LogP contribution in [0.5, 0.6) is 0 Å². The predicted molar refractivity (Wildman–Crippen MR) is 110 cm³/mol. The number of nitrogens with zero attached hydrogens (tertiary/aromatic N) is 3. The smallest absolute Gasteiger partial charge is 0.240 e. The van der Waals surface area contributed by atoms with E-state index in [-0.39, 0.29) is 18.0 Å². The minimum atomic E-state index is -0.249. The van der Waals surface area contributed by atoms with E-state index in [0.717, 1.165) is 16.8 Å². The Balaban J connectivity index is 1.97. The molecule has 0 saturated carbocycles. The molecule has 6 nitrogen and oxygen atoms in total. The lowest BCUT2D eigenvalue weighted by atomic mass is 10.1. The van der Waals surface area contributed by atoms with E-state index in [1.807, 2.05) is 63.1 Å². The third kappa shape index (κ3) is 6.73. The molecule has 0 radical (unpaired) electrons. The average Bonchev–Trinajstić information content (AvgIpc) is 2.61. The highest BCUT2D eigenvalue weighted by Crippen LogP contribution is 2.17. The van der Waals surface area contributed by atoms with Crippen molar-refractivity contribution in [1.29, 1.82) is 0 Å². The van der Waals surface area contributed by atoms with Crippen LogP contribution in [0.2, 0.25) is 0 Å². The van der Waals surface area contributed by atoms with Gasteiger partial charge >= 0.3 is 0 Å². The van der Waals surface area contributed by atoms with Gasteiger partial charge in [-0.1, -0.05) is 24.3 Å². The van der Waals surface area contributed by atoms with Gasteiger partial charge in [0.2, 0.25) is 5.91 Å². The van der Waals surface area contributed by atoms with Crippen molar-refractivity contribution in [2.75, 3.05) is 20.6 Å². The number of likely N-dealkylation sites (N-methyl/N-ethyl adjacent to an activating group) is 1. The number of aliphatic imine (C=N–C) groups is 1. The van der Waals surface area contributed by atoms with Crippen LogP contribution in [0.15, 0.2) is 53.7 Å². The first-order chi connectivity index (χ1) is 12.8. The zero-order valence-electron chi connectivity index (χ0n) is 16.8. The third-order valence-electron chi connectivity index (χ3n) is 3.81. The van der Waals surface area contributed by atoms with Gasteiger partial charge in [0.05, 0.1) is 12.2 Å². The molecule has 0 bridgehead atoms. The van der Waals surface area contributed by atoms with E-state index < -0.39 is 0 Å². The normalized spacial score (nSPS) is 11.8. The Morgan fingerprint density at radius 3 is 2.59 bits per heavy atom. The first-order valence-corrected chi connectivity index (χ1v) is 9.01. The lowest BCUT2D eigenvalue weighted by Gasteiger charge is -2.25. The molecular weight excluding hydrogens is 338 g/mol. The molecule has 144 valence electrons. The number of pyridine rings is 1. The molecule has 0 aliphatic rings. The number of aromatic nitrogens is 1. The molecule has 1 aromatic carbocycles. The first-order valence-electron chi connectivity index (χ1n) is 9.01. The van der Waals surface area contributed by atoms with Crippen LogP contribution in [-0.2, 0) is 11.3 Å². The second kappa shape index (κ2) is 9.16. The van der Waals surface area contributed by atoms with Crippen molar-refractivity contribution in [1.82, 2.24) is 20.5 Å². The molecule has 2 aromatic rings. The van der Waals surface area contributed by atoms with E-state index in [0.29, 0.717) is 12.5 Å². The summed E-state index contributed by atoms with van der Waals surface area (Å²) in [5.74, 6) is 0.632. The summed E-state index contributed by atoms with van der Waals surface area (Å²) in [5.41, 5.74) is 2.88. The molecule has 6 heteroatoms. The van der Waals surface area contributed by atoms with E-state index in [4.69, 9.17) is 0 Å². The monoisotopic (exact) mass is 367 g/mol. The minimum absolute atomic E-state index is 0.0369. The molecule has 0 saturated heterocycles. The summed E-state index contributed by atoms with van der Waals surface area (Å²) < 4.78 is 0. The summed E-state index contributed by atoms with van der Waals surface area (Å²) in [5, 5.41) is 6.27. The lowest BCUT2D eigenvalue weighted by Crippen LogP contribution is -2.48. The van der Waals surface area contributed by atoms with Crippen molar-refractivity contribution >= 4 is 11.9 Å². The van der Waals surface area contributed by atoms with Gasteiger partial charge in [-0.25, -0.2) is 0 Å². The molecule has 2 N–H and O–H groups in total. The highest BCUT2D eigenvalue weighted by Gasteiger charge is 2.16. The number of rotatable bonds is 5. The molecule has 0 unspecified atom stereocenters. The predicted octanol–water partition coefficient (Wildman–Crippen LogP) is 2.67. The second-order valence-electron chi connectivity index (χ2n) is 7.47. The fraction of sp³-hybridized carbons (Fsp3) is 0.381. The highest BCUT2D eigenvalue weighted by atomic mass is 16.2. The van der Waals surface area contributed by atoms with Gasteiger partial charge in [-0.2, -0.15) is 0 Å². The largest absolute Gasteiger partial charge is 0.352 e. The van der Waals surface area contributed by atoms with E-state index >= 15 is 0 Å². The highest BCUT2D eigenvalue weighted by molar-refractivity contribution is 5.86. The Morgan fingerprint density at radius 1 is 1.19 bits per heavy atom. The zero-order valence-corrected chi connectivity index (χ0v) is 16.8. The molecule has 0 spiro atoms. The molecule has 2 rings (SSSR count). The Morgan fingerprint density at radius 2 is 1.96 bits per heavy atom. The Kier molecular flexibility index (Phi) is 6.93. The van der Waals surface area contributed by atoms with Crippen molar-refractivity contribution in [3.05, 3.63) is 54.2 Å². The van der Waals surface area contributed by atoms with Crippen LogP contribution in [-0.4, -0.2) is 47.9 Å². The number of carbonyl (C=O) groups excluding carboxylic acids is 1. The van der Waals surface area contributed by atoms with Crippen LogP contribution in [0.4, 0.5) is 0 Å². The first kappa shape index (κ1) is 20.4. The van der Waals surface area contributed by atoms with Crippen LogP contribution in [0, 0.1) is 0 Å². The number of benzene rings is 1. The maximum atomic E-state index is 12.1. The number of carbonyl (C=O) groups is 1. The van der Waals surface area contributed by atoms with Gasteiger partial charge in [0.15, 0.2) is 5.96 Å². The van der Waals surface area contributed by atoms with Crippen LogP contribution in [0.3, 0.4) is 0 Å². The number of hydrogen-bond donors (Lipinski definition) is 2. The summed E-state index contributed by atoms with van der Waals surface area (Å²) in [6, 6.07) is 14.1. The zero-order chi connectivity index (χ0) is 19.9. The van der Waals surface area contributed by atoms with E-state index in [1.165, 1.54) is 0 Å². The summed E-state index contributed by atoms with van der Waals surface area (Å²) in [4.78, 5) is 22.6. The van der Waals surface area contributed by atoms with E-state index in [9.17, 15) is 4.79 Å². The number of amides is 1. The standard InChI is InChI=1S/C21H29N5O/c1-21(2,3)25-19(27)15-26(5)20(22-4)24-14-16-9-8-10-17(13-16)18-11-6-7-12-23-18/h6-13H,14-15H2,1-5H3,(H,22,24)(H,25,27). The molecule has 1 amide bonds. The van der Waals surface area contributed by atoms with Gasteiger partial charge in [-0.15, -0.1) is 0 Å². The molecule has 0 aliphatic carbocycles. The Labute approximate surface area is 161 Å². The third-order valence-corrected chi connectivity index (χ3v) is 3.81. The van der Waals surface area contributed by atoms with Crippen molar-refractivity contribution in [2.45, 2.75) is 32.9 Å². The quantitative estimate of drug-likeness (QED) is 0.630.